The summed E-state index contributed by atoms with van der Waals surface area (Å²) in [6, 6.07) is 0. The molecule has 9 heteroatoms. The van der Waals surface area contributed by atoms with Crippen molar-refractivity contribution in [2.45, 2.75) is 18.1 Å². The normalized spacial score (nSPS) is 15.6. The van der Waals surface area contributed by atoms with Crippen LogP contribution in [0.15, 0.2) is 0 Å². The van der Waals surface area contributed by atoms with Gasteiger partial charge in [-0.3, -0.25) is 0 Å². The zero-order valence-electron chi connectivity index (χ0n) is 7.21. The molecule has 80 valence electrons. The van der Waals surface area contributed by atoms with E-state index in [9.17, 15) is 29.7 Å². The van der Waals surface area contributed by atoms with Crippen molar-refractivity contribution >= 4 is 17.9 Å². The fourth-order valence-corrected chi connectivity index (χ4v) is 0.695. The number of carbonyl (C=O) groups excluding carboxylic acids is 3. The molecule has 0 fully saturated rings. The van der Waals surface area contributed by atoms with Gasteiger partial charge in [-0.1, -0.05) is 0 Å². The molecule has 0 amide bonds. The molecule has 0 aliphatic carbocycles. The van der Waals surface area contributed by atoms with E-state index in [2.05, 4.69) is 0 Å². The molecule has 15 heavy (non-hydrogen) atoms. The standard InChI is InChI=1S/C6H8O8.La/c7-2(8)1-6(14,5(12)13)3(9)4(10)11;/h3,9,14H,1H2,(H,7,8)(H,10,11)(H,12,13);/q;+3/p-3. The summed E-state index contributed by atoms with van der Waals surface area (Å²) in [7, 11) is 0. The second-order valence-electron chi connectivity index (χ2n) is 2.48. The smallest absolute Gasteiger partial charge is 0.550 e. The molecule has 2 atom stereocenters. The minimum Gasteiger partial charge on any atom is -0.550 e. The van der Waals surface area contributed by atoms with E-state index in [0.29, 0.717) is 0 Å². The SMILES string of the molecule is O=C([O-])CC(O)(C(=O)[O-])C(O)C(=O)[O-].[La+3]. The van der Waals surface area contributed by atoms with Gasteiger partial charge in [0.2, 0.25) is 0 Å². The fourth-order valence-electron chi connectivity index (χ4n) is 0.695. The summed E-state index contributed by atoms with van der Waals surface area (Å²) in [5.74, 6) is -6.84. The van der Waals surface area contributed by atoms with E-state index in [0.717, 1.165) is 0 Å². The van der Waals surface area contributed by atoms with E-state index in [1.165, 1.54) is 0 Å². The molecule has 0 radical (unpaired) electrons. The fraction of sp³-hybridized carbons (Fsp3) is 0.500. The van der Waals surface area contributed by atoms with Crippen molar-refractivity contribution in [3.05, 3.63) is 0 Å². The van der Waals surface area contributed by atoms with Gasteiger partial charge in [-0.2, -0.15) is 0 Å². The van der Waals surface area contributed by atoms with Gasteiger partial charge >= 0.3 is 35.6 Å². The van der Waals surface area contributed by atoms with E-state index in [-0.39, 0.29) is 35.6 Å². The van der Waals surface area contributed by atoms with Crippen molar-refractivity contribution in [1.29, 1.82) is 0 Å². The number of aliphatic carboxylic acids is 3. The minimum atomic E-state index is -3.46. The third-order valence-corrected chi connectivity index (χ3v) is 1.44. The maximum absolute atomic E-state index is 10.2. The van der Waals surface area contributed by atoms with Crippen LogP contribution in [0.1, 0.15) is 6.42 Å². The van der Waals surface area contributed by atoms with Crippen molar-refractivity contribution in [3.63, 3.8) is 0 Å². The van der Waals surface area contributed by atoms with Gasteiger partial charge in [-0.25, -0.2) is 0 Å². The number of rotatable bonds is 5. The van der Waals surface area contributed by atoms with Crippen LogP contribution < -0.4 is 15.3 Å². The average Bonchev–Trinajstić information content (AvgIpc) is 2.00. The van der Waals surface area contributed by atoms with Gasteiger partial charge in [-0.05, 0) is 0 Å². The van der Waals surface area contributed by atoms with Gasteiger partial charge < -0.3 is 39.9 Å². The molecule has 0 aliphatic heterocycles. The maximum atomic E-state index is 10.2. The molecule has 0 saturated carbocycles. The number of carboxylic acid groups (broad SMARTS) is 3. The number of carboxylic acids is 3. The predicted molar refractivity (Wildman–Crippen MR) is 30.6 cm³/mol. The van der Waals surface area contributed by atoms with Crippen molar-refractivity contribution in [3.8, 4) is 0 Å². The minimum absolute atomic E-state index is 0. The third kappa shape index (κ3) is 4.26. The van der Waals surface area contributed by atoms with Crippen molar-refractivity contribution in [2.24, 2.45) is 0 Å². The molecule has 2 N–H and O–H groups in total. The third-order valence-electron chi connectivity index (χ3n) is 1.44. The number of hydrogen-bond acceptors (Lipinski definition) is 8. The monoisotopic (exact) mass is 344 g/mol. The second-order valence-corrected chi connectivity index (χ2v) is 2.48. The van der Waals surface area contributed by atoms with E-state index < -0.39 is 36.0 Å². The first-order chi connectivity index (χ1) is 6.21. The summed E-state index contributed by atoms with van der Waals surface area (Å²) in [5, 5.41) is 47.8. The van der Waals surface area contributed by atoms with Gasteiger partial charge in [0.05, 0.1) is 11.9 Å². The maximum Gasteiger partial charge on any atom is 3.00 e. The van der Waals surface area contributed by atoms with Gasteiger partial charge in [0, 0.05) is 12.4 Å². The topological polar surface area (TPSA) is 161 Å². The first kappa shape index (κ1) is 16.9. The molecule has 0 aliphatic rings. The second kappa shape index (κ2) is 6.18. The Bertz CT molecular complexity index is 276. The first-order valence-corrected chi connectivity index (χ1v) is 3.24. The van der Waals surface area contributed by atoms with Crippen LogP contribution in [0.2, 0.25) is 0 Å². The quantitative estimate of drug-likeness (QED) is 0.498. The Kier molecular flexibility index (Phi) is 6.98. The summed E-state index contributed by atoms with van der Waals surface area (Å²) >= 11 is 0. The number of carbonyl (C=O) groups is 3. The van der Waals surface area contributed by atoms with Gasteiger partial charge in [0.25, 0.3) is 0 Å². The summed E-state index contributed by atoms with van der Waals surface area (Å²) in [6.45, 7) is 0. The Balaban J connectivity index is 0. The Morgan fingerprint density at radius 1 is 1.20 bits per heavy atom. The molecular formula is C6H5LaO8. The Labute approximate surface area is 111 Å². The zero-order chi connectivity index (χ0) is 11.5. The summed E-state index contributed by atoms with van der Waals surface area (Å²) in [4.78, 5) is 30.2. The van der Waals surface area contributed by atoms with Crippen LogP contribution >= 0.6 is 0 Å². The first-order valence-electron chi connectivity index (χ1n) is 3.24. The molecule has 0 rings (SSSR count). The average molecular weight is 344 g/mol. The molecule has 0 aromatic rings. The predicted octanol–water partition coefficient (Wildman–Crippen LogP) is -6.28. The summed E-state index contributed by atoms with van der Waals surface area (Å²) in [6.07, 6.45) is -4.53. The Hall–Kier alpha value is -0.475. The zero-order valence-corrected chi connectivity index (χ0v) is 10.8. The van der Waals surface area contributed by atoms with Crippen molar-refractivity contribution < 1.29 is 75.5 Å². The molecule has 0 saturated heterocycles. The molecule has 8 nitrogen and oxygen atoms in total. The molecule has 2 unspecified atom stereocenters. The van der Waals surface area contributed by atoms with Crippen molar-refractivity contribution in [2.75, 3.05) is 0 Å². The molecule has 0 aromatic heterocycles. The van der Waals surface area contributed by atoms with Crippen LogP contribution in [0.4, 0.5) is 0 Å². The number of aliphatic hydroxyl groups is 2. The van der Waals surface area contributed by atoms with Gasteiger partial charge in [0.15, 0.2) is 0 Å². The number of hydrogen-bond donors (Lipinski definition) is 2. The summed E-state index contributed by atoms with van der Waals surface area (Å²) < 4.78 is 0. The van der Waals surface area contributed by atoms with E-state index in [1.54, 1.807) is 0 Å². The van der Waals surface area contributed by atoms with Crippen LogP contribution in [0, 0.1) is 35.6 Å². The summed E-state index contributed by atoms with van der Waals surface area (Å²) in [5.41, 5.74) is -3.46. The number of aliphatic hydroxyl groups excluding tert-OH is 1. The largest absolute Gasteiger partial charge is 3.00 e. The Morgan fingerprint density at radius 3 is 1.80 bits per heavy atom. The van der Waals surface area contributed by atoms with Gasteiger partial charge in [-0.15, -0.1) is 0 Å². The molecule has 0 spiro atoms. The van der Waals surface area contributed by atoms with Crippen LogP contribution in [0.25, 0.3) is 0 Å². The van der Waals surface area contributed by atoms with E-state index in [1.807, 2.05) is 0 Å². The van der Waals surface area contributed by atoms with Crippen LogP contribution in [0.5, 0.6) is 0 Å². The molecule has 0 aromatic carbocycles. The van der Waals surface area contributed by atoms with Crippen LogP contribution in [0.3, 0.4) is 0 Å². The van der Waals surface area contributed by atoms with E-state index in [4.69, 9.17) is 10.2 Å². The molecule has 0 bridgehead atoms. The molecular weight excluding hydrogens is 339 g/mol. The molecule has 0 heterocycles. The van der Waals surface area contributed by atoms with Crippen LogP contribution in [-0.2, 0) is 14.4 Å². The van der Waals surface area contributed by atoms with Gasteiger partial charge in [0.1, 0.15) is 11.7 Å². The van der Waals surface area contributed by atoms with Crippen molar-refractivity contribution in [1.82, 2.24) is 0 Å². The Morgan fingerprint density at radius 2 is 1.60 bits per heavy atom. The van der Waals surface area contributed by atoms with E-state index >= 15 is 0 Å². The van der Waals surface area contributed by atoms with Crippen LogP contribution in [-0.4, -0.2) is 39.8 Å².